The monoisotopic (exact) mass is 222 g/mol. The van der Waals surface area contributed by atoms with Crippen molar-refractivity contribution in [3.63, 3.8) is 0 Å². The molecule has 15 heavy (non-hydrogen) atoms. The molecule has 0 fully saturated rings. The van der Waals surface area contributed by atoms with Crippen molar-refractivity contribution < 1.29 is 24.5 Å². The van der Waals surface area contributed by atoms with Gasteiger partial charge in [0.25, 0.3) is 0 Å². The molecule has 92 valence electrons. The molecule has 0 saturated heterocycles. The van der Waals surface area contributed by atoms with Crippen molar-refractivity contribution in [2.45, 2.75) is 26.2 Å². The van der Waals surface area contributed by atoms with Gasteiger partial charge in [-0.1, -0.05) is 19.8 Å². The summed E-state index contributed by atoms with van der Waals surface area (Å²) in [7, 11) is 1.28. The highest BCUT2D eigenvalue weighted by molar-refractivity contribution is 5.70. The largest absolute Gasteiger partial charge is 0.467 e. The number of hydrogen-bond donors (Lipinski definition) is 2. The van der Waals surface area contributed by atoms with Gasteiger partial charge in [0.05, 0.1) is 20.3 Å². The lowest BCUT2D eigenvalue weighted by Crippen LogP contribution is -2.11. The van der Waals surface area contributed by atoms with E-state index in [0.717, 1.165) is 12.8 Å². The third-order valence-corrected chi connectivity index (χ3v) is 1.44. The Kier molecular flexibility index (Phi) is 17.7. The van der Waals surface area contributed by atoms with E-state index in [2.05, 4.69) is 16.4 Å². The maximum absolute atomic E-state index is 10.3. The van der Waals surface area contributed by atoms with Gasteiger partial charge in [0.2, 0.25) is 0 Å². The molecule has 0 spiro atoms. The molecule has 0 atom stereocenters. The molecule has 0 unspecified atom stereocenters. The highest BCUT2D eigenvalue weighted by atomic mass is 16.6. The predicted molar refractivity (Wildman–Crippen MR) is 56.5 cm³/mol. The lowest BCUT2D eigenvalue weighted by molar-refractivity contribution is -0.146. The summed E-state index contributed by atoms with van der Waals surface area (Å²) < 4.78 is 8.86. The quantitative estimate of drug-likeness (QED) is 0.480. The summed E-state index contributed by atoms with van der Waals surface area (Å²) in [6.45, 7) is 2.49. The number of methoxy groups -OCH3 is 1. The van der Waals surface area contributed by atoms with Crippen LogP contribution in [0.2, 0.25) is 0 Å². The van der Waals surface area contributed by atoms with Crippen LogP contribution in [0.1, 0.15) is 26.2 Å². The molecule has 0 aromatic carbocycles. The van der Waals surface area contributed by atoms with Crippen molar-refractivity contribution >= 4 is 5.97 Å². The number of unbranched alkanes of at least 4 members (excludes halogenated alkanes) is 2. The van der Waals surface area contributed by atoms with Crippen LogP contribution in [-0.4, -0.2) is 49.7 Å². The third-order valence-electron chi connectivity index (χ3n) is 1.44. The van der Waals surface area contributed by atoms with Crippen molar-refractivity contribution in [3.8, 4) is 0 Å². The van der Waals surface area contributed by atoms with Crippen molar-refractivity contribution in [2.75, 3.05) is 33.5 Å². The molecule has 0 aliphatic carbocycles. The molecule has 0 saturated carbocycles. The lowest BCUT2D eigenvalue weighted by atomic mass is 10.3. The minimum Gasteiger partial charge on any atom is -0.467 e. The van der Waals surface area contributed by atoms with Gasteiger partial charge in [-0.25, -0.2) is 4.79 Å². The van der Waals surface area contributed by atoms with E-state index in [1.165, 1.54) is 13.5 Å². The van der Waals surface area contributed by atoms with Crippen LogP contribution >= 0.6 is 0 Å². The van der Waals surface area contributed by atoms with E-state index in [0.29, 0.717) is 6.61 Å². The van der Waals surface area contributed by atoms with E-state index in [1.54, 1.807) is 0 Å². The fourth-order valence-electron chi connectivity index (χ4n) is 0.641. The standard InChI is InChI=1S/C5H10O4.C5H12O/c1-8-5(7)4-9-3-2-6;1-2-3-4-5-6/h6H,2-4H2,1H3;6H,2-5H2,1H3. The van der Waals surface area contributed by atoms with E-state index in [9.17, 15) is 4.79 Å². The lowest BCUT2D eigenvalue weighted by Gasteiger charge is -1.98. The fraction of sp³-hybridized carbons (Fsp3) is 0.900. The van der Waals surface area contributed by atoms with Gasteiger partial charge in [-0.3, -0.25) is 0 Å². The van der Waals surface area contributed by atoms with Gasteiger partial charge in [-0.15, -0.1) is 0 Å². The minimum absolute atomic E-state index is 0.0724. The average molecular weight is 222 g/mol. The highest BCUT2D eigenvalue weighted by Crippen LogP contribution is 1.89. The molecule has 0 amide bonds. The third kappa shape index (κ3) is 19.7. The molecule has 2 N–H and O–H groups in total. The molecular weight excluding hydrogens is 200 g/mol. The number of aliphatic hydroxyl groups is 2. The first-order valence-corrected chi connectivity index (χ1v) is 5.09. The average Bonchev–Trinajstić information content (AvgIpc) is 2.27. The Hall–Kier alpha value is -0.650. The SMILES string of the molecule is CCCCCO.COC(=O)COCCO. The number of carbonyl (C=O) groups is 1. The molecular formula is C10H22O5. The smallest absolute Gasteiger partial charge is 0.331 e. The zero-order chi connectivity index (χ0) is 11.9. The second-order valence-electron chi connectivity index (χ2n) is 2.78. The highest BCUT2D eigenvalue weighted by Gasteiger charge is 1.96. The first kappa shape index (κ1) is 16.8. The van der Waals surface area contributed by atoms with E-state index >= 15 is 0 Å². The van der Waals surface area contributed by atoms with E-state index in [4.69, 9.17) is 10.2 Å². The number of esters is 1. The van der Waals surface area contributed by atoms with E-state index in [1.807, 2.05) is 0 Å². The zero-order valence-electron chi connectivity index (χ0n) is 9.57. The molecule has 0 radical (unpaired) electrons. The van der Waals surface area contributed by atoms with Crippen LogP contribution in [0, 0.1) is 0 Å². The Balaban J connectivity index is 0. The number of rotatable bonds is 7. The number of hydrogen-bond acceptors (Lipinski definition) is 5. The molecule has 0 aliphatic rings. The first-order valence-electron chi connectivity index (χ1n) is 5.09. The van der Waals surface area contributed by atoms with Crippen LogP contribution in [0.15, 0.2) is 0 Å². The van der Waals surface area contributed by atoms with Crippen molar-refractivity contribution in [1.82, 2.24) is 0 Å². The van der Waals surface area contributed by atoms with Gasteiger partial charge in [0.1, 0.15) is 6.61 Å². The van der Waals surface area contributed by atoms with Crippen LogP contribution in [0.25, 0.3) is 0 Å². The number of aliphatic hydroxyl groups excluding tert-OH is 2. The van der Waals surface area contributed by atoms with Crippen LogP contribution in [0.4, 0.5) is 0 Å². The van der Waals surface area contributed by atoms with Gasteiger partial charge in [-0.2, -0.15) is 0 Å². The number of carbonyl (C=O) groups excluding carboxylic acids is 1. The summed E-state index contributed by atoms with van der Waals surface area (Å²) in [6.07, 6.45) is 3.33. The van der Waals surface area contributed by atoms with Crippen LogP contribution < -0.4 is 0 Å². The Labute approximate surface area is 91.0 Å². The summed E-state index contributed by atoms with van der Waals surface area (Å²) in [4.78, 5) is 10.3. The molecule has 0 rings (SSSR count). The summed E-state index contributed by atoms with van der Waals surface area (Å²) >= 11 is 0. The van der Waals surface area contributed by atoms with Gasteiger partial charge < -0.3 is 19.7 Å². The Bertz CT molecular complexity index is 123. The predicted octanol–water partition coefficient (Wildman–Crippen LogP) is 0.337. The van der Waals surface area contributed by atoms with Crippen LogP contribution in [0.3, 0.4) is 0 Å². The summed E-state index contributed by atoms with van der Waals surface area (Å²) in [5, 5.41) is 16.4. The Morgan fingerprint density at radius 1 is 1.20 bits per heavy atom. The van der Waals surface area contributed by atoms with Crippen molar-refractivity contribution in [3.05, 3.63) is 0 Å². The normalized spacial score (nSPS) is 9.07. The molecule has 0 heterocycles. The summed E-state index contributed by atoms with van der Waals surface area (Å²) in [5.74, 6) is -0.427. The van der Waals surface area contributed by atoms with E-state index < -0.39 is 5.97 Å². The van der Waals surface area contributed by atoms with E-state index in [-0.39, 0.29) is 19.8 Å². The molecule has 0 aromatic heterocycles. The maximum atomic E-state index is 10.3. The zero-order valence-corrected chi connectivity index (χ0v) is 9.57. The fourth-order valence-corrected chi connectivity index (χ4v) is 0.641. The molecule has 5 heteroatoms. The molecule has 0 aliphatic heterocycles. The van der Waals surface area contributed by atoms with Gasteiger partial charge in [0.15, 0.2) is 0 Å². The van der Waals surface area contributed by atoms with Crippen molar-refractivity contribution in [1.29, 1.82) is 0 Å². The summed E-state index contributed by atoms with van der Waals surface area (Å²) in [5.41, 5.74) is 0. The molecule has 5 nitrogen and oxygen atoms in total. The van der Waals surface area contributed by atoms with Crippen LogP contribution in [0.5, 0.6) is 0 Å². The molecule has 0 aromatic rings. The second-order valence-corrected chi connectivity index (χ2v) is 2.78. The number of ether oxygens (including phenoxy) is 2. The van der Waals surface area contributed by atoms with Crippen molar-refractivity contribution in [2.24, 2.45) is 0 Å². The van der Waals surface area contributed by atoms with Gasteiger partial charge in [0, 0.05) is 6.61 Å². The maximum Gasteiger partial charge on any atom is 0.331 e. The Morgan fingerprint density at radius 3 is 2.20 bits per heavy atom. The van der Waals surface area contributed by atoms with Gasteiger partial charge in [-0.05, 0) is 6.42 Å². The second kappa shape index (κ2) is 15.8. The van der Waals surface area contributed by atoms with Crippen LogP contribution in [-0.2, 0) is 14.3 Å². The minimum atomic E-state index is -0.427. The topological polar surface area (TPSA) is 76.0 Å². The molecule has 0 bridgehead atoms. The Morgan fingerprint density at radius 2 is 1.87 bits per heavy atom. The summed E-state index contributed by atoms with van der Waals surface area (Å²) in [6, 6.07) is 0. The van der Waals surface area contributed by atoms with Gasteiger partial charge >= 0.3 is 5.97 Å². The first-order chi connectivity index (χ1) is 7.22.